The van der Waals surface area contributed by atoms with Gasteiger partial charge in [-0.05, 0) is 42.3 Å². The van der Waals surface area contributed by atoms with E-state index in [9.17, 15) is 9.59 Å². The maximum absolute atomic E-state index is 12.6. The highest BCUT2D eigenvalue weighted by Gasteiger charge is 2.25. The molecule has 1 N–H and O–H groups in total. The summed E-state index contributed by atoms with van der Waals surface area (Å²) >= 11 is 1.51. The second-order valence-corrected chi connectivity index (χ2v) is 7.30. The first-order valence-corrected chi connectivity index (χ1v) is 9.29. The summed E-state index contributed by atoms with van der Waals surface area (Å²) in [6, 6.07) is 14.8. The first-order chi connectivity index (χ1) is 12.7. The molecular weight excluding hydrogens is 348 g/mol. The van der Waals surface area contributed by atoms with E-state index in [0.29, 0.717) is 30.1 Å². The van der Waals surface area contributed by atoms with Crippen LogP contribution in [0.25, 0.3) is 0 Å². The number of nitrogens with zero attached hydrogens (tertiary/aromatic N) is 1. The van der Waals surface area contributed by atoms with Gasteiger partial charge in [0, 0.05) is 23.5 Å². The van der Waals surface area contributed by atoms with Gasteiger partial charge in [-0.2, -0.15) is 0 Å². The van der Waals surface area contributed by atoms with Crippen LogP contribution in [0.3, 0.4) is 0 Å². The molecule has 3 heterocycles. The molecule has 0 unspecified atom stereocenters. The van der Waals surface area contributed by atoms with E-state index in [2.05, 4.69) is 5.32 Å². The summed E-state index contributed by atoms with van der Waals surface area (Å²) in [5.74, 6) is 0.646. The molecule has 5 nitrogen and oxygen atoms in total. The van der Waals surface area contributed by atoms with Gasteiger partial charge in [-0.15, -0.1) is 11.3 Å². The van der Waals surface area contributed by atoms with Crippen LogP contribution in [0.1, 0.15) is 36.2 Å². The van der Waals surface area contributed by atoms with E-state index < -0.39 is 0 Å². The smallest absolute Gasteiger partial charge is 0.261 e. The molecule has 0 spiro atoms. The van der Waals surface area contributed by atoms with Gasteiger partial charge in [0.05, 0.1) is 17.7 Å². The number of amides is 2. The SMILES string of the molecule is O=C(NCc1ccco1)c1cc2c(s1)CCN(C(=O)c1ccccc1)C2. The molecule has 3 aromatic rings. The molecule has 0 saturated heterocycles. The molecule has 1 aliphatic heterocycles. The van der Waals surface area contributed by atoms with Crippen LogP contribution in [0.15, 0.2) is 59.2 Å². The largest absolute Gasteiger partial charge is 0.467 e. The molecule has 0 bridgehead atoms. The van der Waals surface area contributed by atoms with E-state index in [1.807, 2.05) is 47.4 Å². The van der Waals surface area contributed by atoms with Crippen LogP contribution < -0.4 is 5.32 Å². The Morgan fingerprint density at radius 3 is 2.77 bits per heavy atom. The summed E-state index contributed by atoms with van der Waals surface area (Å²) in [6.45, 7) is 1.59. The lowest BCUT2D eigenvalue weighted by Crippen LogP contribution is -2.35. The predicted molar refractivity (Wildman–Crippen MR) is 99.1 cm³/mol. The van der Waals surface area contributed by atoms with E-state index in [1.165, 1.54) is 16.2 Å². The molecule has 132 valence electrons. The maximum Gasteiger partial charge on any atom is 0.261 e. The van der Waals surface area contributed by atoms with Crippen molar-refractivity contribution in [2.45, 2.75) is 19.5 Å². The zero-order chi connectivity index (χ0) is 17.9. The van der Waals surface area contributed by atoms with Crippen LogP contribution in [-0.2, 0) is 19.5 Å². The van der Waals surface area contributed by atoms with Gasteiger partial charge in [-0.25, -0.2) is 0 Å². The zero-order valence-electron chi connectivity index (χ0n) is 14.1. The number of carbonyl (C=O) groups is 2. The van der Waals surface area contributed by atoms with Gasteiger partial charge in [-0.1, -0.05) is 18.2 Å². The molecule has 0 radical (unpaired) electrons. The molecular formula is C20H18N2O3S. The summed E-state index contributed by atoms with van der Waals surface area (Å²) in [4.78, 5) is 28.7. The minimum Gasteiger partial charge on any atom is -0.467 e. The first-order valence-electron chi connectivity index (χ1n) is 8.47. The average molecular weight is 366 g/mol. The van der Waals surface area contributed by atoms with Crippen LogP contribution >= 0.6 is 11.3 Å². The number of nitrogens with one attached hydrogen (secondary N) is 1. The maximum atomic E-state index is 12.6. The lowest BCUT2D eigenvalue weighted by molar-refractivity contribution is 0.0736. The van der Waals surface area contributed by atoms with Gasteiger partial charge in [0.25, 0.3) is 11.8 Å². The lowest BCUT2D eigenvalue weighted by Gasteiger charge is -2.27. The Balaban J connectivity index is 1.43. The minimum atomic E-state index is -0.110. The molecule has 6 heteroatoms. The van der Waals surface area contributed by atoms with Gasteiger partial charge >= 0.3 is 0 Å². The normalized spacial score (nSPS) is 13.3. The van der Waals surface area contributed by atoms with Crippen molar-refractivity contribution < 1.29 is 14.0 Å². The first kappa shape index (κ1) is 16.6. The monoisotopic (exact) mass is 366 g/mol. The standard InChI is InChI=1S/C20H18N2O3S/c23-19(21-12-16-7-4-10-25-16)18-11-15-13-22(9-8-17(15)26-18)20(24)14-5-2-1-3-6-14/h1-7,10-11H,8-9,12-13H2,(H,21,23). The van der Waals surface area contributed by atoms with Gasteiger partial charge in [0.15, 0.2) is 0 Å². The third kappa shape index (κ3) is 3.41. The van der Waals surface area contributed by atoms with Crippen LogP contribution in [-0.4, -0.2) is 23.3 Å². The quantitative estimate of drug-likeness (QED) is 0.769. The Morgan fingerprint density at radius 1 is 1.15 bits per heavy atom. The lowest BCUT2D eigenvalue weighted by atomic mass is 10.1. The summed E-state index contributed by atoms with van der Waals surface area (Å²) in [6.07, 6.45) is 2.37. The highest BCUT2D eigenvalue weighted by molar-refractivity contribution is 7.14. The van der Waals surface area contributed by atoms with E-state index in [1.54, 1.807) is 12.3 Å². The van der Waals surface area contributed by atoms with Crippen molar-refractivity contribution in [3.63, 3.8) is 0 Å². The van der Waals surface area contributed by atoms with Crippen molar-refractivity contribution in [2.75, 3.05) is 6.54 Å². The fourth-order valence-corrected chi connectivity index (χ4v) is 4.13. The Labute approximate surface area is 155 Å². The Bertz CT molecular complexity index is 916. The van der Waals surface area contributed by atoms with Crippen molar-refractivity contribution in [3.05, 3.63) is 81.4 Å². The second kappa shape index (κ2) is 7.17. The number of benzene rings is 1. The van der Waals surface area contributed by atoms with Crippen molar-refractivity contribution in [2.24, 2.45) is 0 Å². The fraction of sp³-hybridized carbons (Fsp3) is 0.200. The molecule has 0 saturated carbocycles. The summed E-state index contributed by atoms with van der Waals surface area (Å²) in [7, 11) is 0. The highest BCUT2D eigenvalue weighted by Crippen LogP contribution is 2.29. The number of carbonyl (C=O) groups excluding carboxylic acids is 2. The fourth-order valence-electron chi connectivity index (χ4n) is 3.05. The molecule has 4 rings (SSSR count). The molecule has 0 aliphatic carbocycles. The van der Waals surface area contributed by atoms with Crippen LogP contribution in [0.4, 0.5) is 0 Å². The summed E-state index contributed by atoms with van der Waals surface area (Å²) < 4.78 is 5.23. The number of rotatable bonds is 4. The molecule has 26 heavy (non-hydrogen) atoms. The molecule has 1 aliphatic rings. The summed E-state index contributed by atoms with van der Waals surface area (Å²) in [5.41, 5.74) is 1.76. The molecule has 2 amide bonds. The third-order valence-electron chi connectivity index (χ3n) is 4.40. The summed E-state index contributed by atoms with van der Waals surface area (Å²) in [5, 5.41) is 2.87. The van der Waals surface area contributed by atoms with Crippen LogP contribution in [0, 0.1) is 0 Å². The Hall–Kier alpha value is -2.86. The highest BCUT2D eigenvalue weighted by atomic mass is 32.1. The van der Waals surface area contributed by atoms with Crippen molar-refractivity contribution in [3.8, 4) is 0 Å². The number of hydrogen-bond donors (Lipinski definition) is 1. The van der Waals surface area contributed by atoms with Crippen LogP contribution in [0.2, 0.25) is 0 Å². The van der Waals surface area contributed by atoms with Gasteiger partial charge in [-0.3, -0.25) is 9.59 Å². The topological polar surface area (TPSA) is 62.6 Å². The van der Waals surface area contributed by atoms with Crippen molar-refractivity contribution in [1.29, 1.82) is 0 Å². The zero-order valence-corrected chi connectivity index (χ0v) is 14.9. The molecule has 2 aromatic heterocycles. The minimum absolute atomic E-state index is 0.0336. The molecule has 0 fully saturated rings. The second-order valence-electron chi connectivity index (χ2n) is 6.16. The Morgan fingerprint density at radius 2 is 2.00 bits per heavy atom. The van der Waals surface area contributed by atoms with Crippen molar-refractivity contribution >= 4 is 23.2 Å². The number of fused-ring (bicyclic) bond motifs is 1. The van der Waals surface area contributed by atoms with Gasteiger partial charge in [0.1, 0.15) is 5.76 Å². The van der Waals surface area contributed by atoms with E-state index >= 15 is 0 Å². The van der Waals surface area contributed by atoms with E-state index in [0.717, 1.165) is 17.7 Å². The van der Waals surface area contributed by atoms with Crippen LogP contribution in [0.5, 0.6) is 0 Å². The van der Waals surface area contributed by atoms with Crippen molar-refractivity contribution in [1.82, 2.24) is 10.2 Å². The van der Waals surface area contributed by atoms with Gasteiger partial charge in [0.2, 0.25) is 0 Å². The van der Waals surface area contributed by atoms with E-state index in [4.69, 9.17) is 4.42 Å². The van der Waals surface area contributed by atoms with E-state index in [-0.39, 0.29) is 11.8 Å². The predicted octanol–water partition coefficient (Wildman–Crippen LogP) is 3.47. The molecule has 0 atom stereocenters. The average Bonchev–Trinajstić information content (AvgIpc) is 3.35. The molecule has 1 aromatic carbocycles. The number of hydrogen-bond acceptors (Lipinski definition) is 4. The van der Waals surface area contributed by atoms with Gasteiger partial charge < -0.3 is 14.6 Å². The Kier molecular flexibility index (Phi) is 4.58. The number of thiophene rings is 1. The third-order valence-corrected chi connectivity index (χ3v) is 5.64. The number of furan rings is 1.